The maximum absolute atomic E-state index is 14.0. The summed E-state index contributed by atoms with van der Waals surface area (Å²) < 4.78 is 30.8. The number of benzene rings is 4. The molecule has 9 heteroatoms. The molecule has 1 amide bonds. The lowest BCUT2D eigenvalue weighted by Crippen LogP contribution is -2.29. The number of halogens is 2. The normalized spacial score (nSPS) is 16.0. The SMILES string of the molecule is COc1ccc(C2/C(=C(\O)c3ccc(OCc4ccccc4)c(C)c3)C(=O)C(=O)N2c2ccc(F)c(Cl)c2)cc1OC. The first-order valence-electron chi connectivity index (χ1n) is 13.0. The van der Waals surface area contributed by atoms with Crippen LogP contribution in [0.4, 0.5) is 10.1 Å². The number of amides is 1. The molecule has 0 aliphatic carbocycles. The number of ether oxygens (including phenoxy) is 3. The van der Waals surface area contributed by atoms with Gasteiger partial charge in [0.05, 0.1) is 30.9 Å². The second-order valence-corrected chi connectivity index (χ2v) is 10.0. The van der Waals surface area contributed by atoms with Crippen LogP contribution in [0.1, 0.15) is 28.3 Å². The van der Waals surface area contributed by atoms with E-state index in [1.807, 2.05) is 37.3 Å². The number of carbonyl (C=O) groups is 2. The summed E-state index contributed by atoms with van der Waals surface area (Å²) in [6.07, 6.45) is 0. The van der Waals surface area contributed by atoms with Crippen molar-refractivity contribution in [2.45, 2.75) is 19.6 Å². The van der Waals surface area contributed by atoms with Crippen molar-refractivity contribution in [2.24, 2.45) is 0 Å². The van der Waals surface area contributed by atoms with E-state index in [0.29, 0.717) is 35.0 Å². The molecule has 42 heavy (non-hydrogen) atoms. The van der Waals surface area contributed by atoms with Crippen molar-refractivity contribution in [3.63, 3.8) is 0 Å². The van der Waals surface area contributed by atoms with E-state index in [9.17, 15) is 19.1 Å². The zero-order chi connectivity index (χ0) is 30.0. The van der Waals surface area contributed by atoms with Crippen molar-refractivity contribution < 1.29 is 33.3 Å². The van der Waals surface area contributed by atoms with E-state index in [0.717, 1.165) is 17.2 Å². The van der Waals surface area contributed by atoms with Gasteiger partial charge in [0.1, 0.15) is 23.9 Å². The second-order valence-electron chi connectivity index (χ2n) is 9.64. The first-order valence-corrected chi connectivity index (χ1v) is 13.4. The van der Waals surface area contributed by atoms with E-state index in [4.69, 9.17) is 25.8 Å². The fourth-order valence-electron chi connectivity index (χ4n) is 4.92. The Balaban J connectivity index is 1.61. The maximum Gasteiger partial charge on any atom is 0.300 e. The summed E-state index contributed by atoms with van der Waals surface area (Å²) in [6, 6.07) is 22.3. The molecule has 1 atom stereocenters. The Labute approximate surface area is 247 Å². The van der Waals surface area contributed by atoms with Gasteiger partial charge in [0.25, 0.3) is 11.7 Å². The zero-order valence-electron chi connectivity index (χ0n) is 23.1. The van der Waals surface area contributed by atoms with Gasteiger partial charge in [-0.15, -0.1) is 0 Å². The minimum atomic E-state index is -1.08. The van der Waals surface area contributed by atoms with E-state index in [1.54, 1.807) is 36.4 Å². The molecule has 7 nitrogen and oxygen atoms in total. The van der Waals surface area contributed by atoms with Crippen LogP contribution in [-0.4, -0.2) is 31.0 Å². The smallest absolute Gasteiger partial charge is 0.300 e. The van der Waals surface area contributed by atoms with E-state index in [2.05, 4.69) is 0 Å². The Kier molecular flexibility index (Phi) is 8.17. The first-order chi connectivity index (χ1) is 20.2. The number of aryl methyl sites for hydroxylation is 1. The third-order valence-corrected chi connectivity index (χ3v) is 7.32. The van der Waals surface area contributed by atoms with Gasteiger partial charge in [-0.2, -0.15) is 0 Å². The lowest BCUT2D eigenvalue weighted by Gasteiger charge is -2.26. The van der Waals surface area contributed by atoms with Gasteiger partial charge >= 0.3 is 0 Å². The number of ketones is 1. The minimum absolute atomic E-state index is 0.148. The van der Waals surface area contributed by atoms with E-state index in [1.165, 1.54) is 31.3 Å². The van der Waals surface area contributed by atoms with E-state index < -0.39 is 23.5 Å². The first kappa shape index (κ1) is 28.7. The van der Waals surface area contributed by atoms with Crippen LogP contribution >= 0.6 is 11.6 Å². The third-order valence-electron chi connectivity index (χ3n) is 7.03. The van der Waals surface area contributed by atoms with Crippen LogP contribution in [0.15, 0.2) is 90.5 Å². The average Bonchev–Trinajstić information content (AvgIpc) is 3.27. The van der Waals surface area contributed by atoms with Crippen molar-refractivity contribution in [1.82, 2.24) is 0 Å². The summed E-state index contributed by atoms with van der Waals surface area (Å²) in [7, 11) is 2.95. The summed E-state index contributed by atoms with van der Waals surface area (Å²) in [6.45, 7) is 2.18. The molecule has 1 aliphatic rings. The predicted octanol–water partition coefficient (Wildman–Crippen LogP) is 7.01. The van der Waals surface area contributed by atoms with Crippen molar-refractivity contribution in [1.29, 1.82) is 0 Å². The molecule has 214 valence electrons. The lowest BCUT2D eigenvalue weighted by atomic mass is 9.94. The molecule has 0 radical (unpaired) electrons. The molecular formula is C33H27ClFNO6. The van der Waals surface area contributed by atoms with Crippen molar-refractivity contribution in [2.75, 3.05) is 19.1 Å². The maximum atomic E-state index is 14.0. The molecule has 1 N–H and O–H groups in total. The van der Waals surface area contributed by atoms with Gasteiger partial charge in [-0.1, -0.05) is 48.0 Å². The molecule has 1 fully saturated rings. The fourth-order valence-corrected chi connectivity index (χ4v) is 5.10. The molecule has 4 aromatic rings. The Bertz CT molecular complexity index is 1700. The summed E-state index contributed by atoms with van der Waals surface area (Å²) in [4.78, 5) is 28.2. The molecule has 1 heterocycles. The molecule has 1 saturated heterocycles. The van der Waals surface area contributed by atoms with Crippen LogP contribution in [0.3, 0.4) is 0 Å². The number of rotatable bonds is 8. The number of nitrogens with zero attached hydrogens (tertiary/aromatic N) is 1. The Hall–Kier alpha value is -4.82. The summed E-state index contributed by atoms with van der Waals surface area (Å²) in [5.74, 6) is -1.47. The quantitative estimate of drug-likeness (QED) is 0.136. The zero-order valence-corrected chi connectivity index (χ0v) is 23.8. The highest BCUT2D eigenvalue weighted by molar-refractivity contribution is 6.51. The lowest BCUT2D eigenvalue weighted by molar-refractivity contribution is -0.132. The Morgan fingerprint density at radius 2 is 1.62 bits per heavy atom. The molecule has 4 aromatic carbocycles. The number of hydrogen-bond acceptors (Lipinski definition) is 6. The van der Waals surface area contributed by atoms with E-state index in [-0.39, 0.29) is 22.0 Å². The largest absolute Gasteiger partial charge is 0.507 e. The molecule has 0 spiro atoms. The molecular weight excluding hydrogens is 561 g/mol. The topological polar surface area (TPSA) is 85.3 Å². The van der Waals surface area contributed by atoms with Crippen LogP contribution in [0.5, 0.6) is 17.2 Å². The number of Topliss-reactive ketones (excluding diaryl/α,β-unsaturated/α-hetero) is 1. The van der Waals surface area contributed by atoms with Crippen LogP contribution in [0, 0.1) is 12.7 Å². The van der Waals surface area contributed by atoms with Crippen LogP contribution in [-0.2, 0) is 16.2 Å². The number of aliphatic hydroxyl groups is 1. The van der Waals surface area contributed by atoms with Crippen LogP contribution in [0.2, 0.25) is 5.02 Å². The van der Waals surface area contributed by atoms with Crippen molar-refractivity contribution in [3.8, 4) is 17.2 Å². The molecule has 0 bridgehead atoms. The van der Waals surface area contributed by atoms with Gasteiger partial charge in [0.2, 0.25) is 0 Å². The van der Waals surface area contributed by atoms with Gasteiger partial charge in [0.15, 0.2) is 11.5 Å². The standard InChI is InChI=1S/C33H27ClFNO6/c1-19-15-22(10-13-26(19)42-18-20-7-5-4-6-8-20)31(37)29-30(21-9-14-27(40-2)28(16-21)41-3)36(33(39)32(29)38)23-11-12-25(35)24(34)17-23/h4-17,30,37H,18H2,1-3H3/b31-29+. The fraction of sp³-hybridized carbons (Fsp3) is 0.152. The van der Waals surface area contributed by atoms with Gasteiger partial charge in [-0.25, -0.2) is 4.39 Å². The molecule has 5 rings (SSSR count). The van der Waals surface area contributed by atoms with Crippen molar-refractivity contribution >= 4 is 34.7 Å². The third kappa shape index (κ3) is 5.41. The number of aliphatic hydroxyl groups excluding tert-OH is 1. The number of methoxy groups -OCH3 is 2. The summed E-state index contributed by atoms with van der Waals surface area (Å²) >= 11 is 6.04. The highest BCUT2D eigenvalue weighted by atomic mass is 35.5. The van der Waals surface area contributed by atoms with Gasteiger partial charge < -0.3 is 19.3 Å². The monoisotopic (exact) mass is 587 g/mol. The number of anilines is 1. The number of hydrogen-bond donors (Lipinski definition) is 1. The summed E-state index contributed by atoms with van der Waals surface area (Å²) in [5.41, 5.74) is 2.53. The number of carbonyl (C=O) groups excluding carboxylic acids is 2. The summed E-state index contributed by atoms with van der Waals surface area (Å²) in [5, 5.41) is 11.3. The van der Waals surface area contributed by atoms with Crippen LogP contribution in [0.25, 0.3) is 5.76 Å². The Morgan fingerprint density at radius 3 is 2.29 bits per heavy atom. The van der Waals surface area contributed by atoms with Crippen molar-refractivity contribution in [3.05, 3.63) is 124 Å². The van der Waals surface area contributed by atoms with Gasteiger partial charge in [-0.3, -0.25) is 14.5 Å². The molecule has 0 saturated carbocycles. The molecule has 0 aromatic heterocycles. The second kappa shape index (κ2) is 12.0. The van der Waals surface area contributed by atoms with Crippen LogP contribution < -0.4 is 19.1 Å². The van der Waals surface area contributed by atoms with E-state index >= 15 is 0 Å². The predicted molar refractivity (Wildman–Crippen MR) is 158 cm³/mol. The Morgan fingerprint density at radius 1 is 0.905 bits per heavy atom. The average molecular weight is 588 g/mol. The minimum Gasteiger partial charge on any atom is -0.507 e. The molecule has 1 unspecified atom stereocenters. The highest BCUT2D eigenvalue weighted by Crippen LogP contribution is 2.45. The highest BCUT2D eigenvalue weighted by Gasteiger charge is 2.47. The van der Waals surface area contributed by atoms with Gasteiger partial charge in [0, 0.05) is 11.3 Å². The van der Waals surface area contributed by atoms with Gasteiger partial charge in [-0.05, 0) is 72.1 Å². The molecule has 1 aliphatic heterocycles.